The van der Waals surface area contributed by atoms with Gasteiger partial charge in [-0.15, -0.1) is 0 Å². The standard InChI is InChI=1S/C22H28N2O3/c1-16(2)13-14-17(3)23-21(25)15-27-20-12-8-7-11-19(20)22(26)24-18-9-5-4-6-10-18/h4-12,16-17H,13-15H2,1-3H3,(H,23,25)(H,24,26)/t17-/m1/s1. The summed E-state index contributed by atoms with van der Waals surface area (Å²) < 4.78 is 5.61. The molecule has 27 heavy (non-hydrogen) atoms. The largest absolute Gasteiger partial charge is 0.483 e. The molecular weight excluding hydrogens is 340 g/mol. The topological polar surface area (TPSA) is 67.4 Å². The second-order valence-electron chi connectivity index (χ2n) is 7.04. The monoisotopic (exact) mass is 368 g/mol. The molecule has 0 radical (unpaired) electrons. The van der Waals surface area contributed by atoms with Crippen LogP contribution in [0.25, 0.3) is 0 Å². The molecule has 0 spiro atoms. The number of hydrogen-bond acceptors (Lipinski definition) is 3. The Balaban J connectivity index is 1.91. The van der Waals surface area contributed by atoms with E-state index in [9.17, 15) is 9.59 Å². The first kappa shape index (κ1) is 20.5. The SMILES string of the molecule is CC(C)CC[C@@H](C)NC(=O)COc1ccccc1C(=O)Nc1ccccc1. The Labute approximate surface area is 161 Å². The third-order valence-electron chi connectivity index (χ3n) is 4.11. The van der Waals surface area contributed by atoms with Gasteiger partial charge in [0.2, 0.25) is 0 Å². The predicted octanol–water partition coefficient (Wildman–Crippen LogP) is 4.26. The van der Waals surface area contributed by atoms with Crippen molar-refractivity contribution < 1.29 is 14.3 Å². The van der Waals surface area contributed by atoms with Crippen LogP contribution in [0.3, 0.4) is 0 Å². The highest BCUT2D eigenvalue weighted by atomic mass is 16.5. The summed E-state index contributed by atoms with van der Waals surface area (Å²) in [6.45, 7) is 6.19. The molecular formula is C22H28N2O3. The average Bonchev–Trinajstić information content (AvgIpc) is 2.65. The van der Waals surface area contributed by atoms with Crippen molar-refractivity contribution >= 4 is 17.5 Å². The van der Waals surface area contributed by atoms with Crippen LogP contribution in [0.1, 0.15) is 44.0 Å². The van der Waals surface area contributed by atoms with Crippen LogP contribution in [-0.4, -0.2) is 24.5 Å². The van der Waals surface area contributed by atoms with Crippen LogP contribution in [0.5, 0.6) is 5.75 Å². The molecule has 2 aromatic carbocycles. The Bertz CT molecular complexity index is 744. The highest BCUT2D eigenvalue weighted by Crippen LogP contribution is 2.19. The molecule has 1 atom stereocenters. The number of rotatable bonds is 9. The van der Waals surface area contributed by atoms with Crippen LogP contribution >= 0.6 is 0 Å². The predicted molar refractivity (Wildman–Crippen MR) is 108 cm³/mol. The highest BCUT2D eigenvalue weighted by Gasteiger charge is 2.14. The van der Waals surface area contributed by atoms with Crippen molar-refractivity contribution in [2.24, 2.45) is 5.92 Å². The van der Waals surface area contributed by atoms with Gasteiger partial charge in [0, 0.05) is 11.7 Å². The molecule has 0 aliphatic heterocycles. The molecule has 0 heterocycles. The summed E-state index contributed by atoms with van der Waals surface area (Å²) in [5, 5.41) is 5.76. The summed E-state index contributed by atoms with van der Waals surface area (Å²) in [4.78, 5) is 24.6. The lowest BCUT2D eigenvalue weighted by atomic mass is 10.0. The first-order chi connectivity index (χ1) is 13.0. The van der Waals surface area contributed by atoms with Crippen molar-refractivity contribution in [3.05, 3.63) is 60.2 Å². The average molecular weight is 368 g/mol. The summed E-state index contributed by atoms with van der Waals surface area (Å²) in [5.74, 6) is 0.526. The molecule has 2 aromatic rings. The Morgan fingerprint density at radius 3 is 2.30 bits per heavy atom. The summed E-state index contributed by atoms with van der Waals surface area (Å²) in [6, 6.07) is 16.2. The lowest BCUT2D eigenvalue weighted by molar-refractivity contribution is -0.123. The zero-order valence-electron chi connectivity index (χ0n) is 16.2. The van der Waals surface area contributed by atoms with Gasteiger partial charge in [0.15, 0.2) is 6.61 Å². The molecule has 144 valence electrons. The molecule has 5 nitrogen and oxygen atoms in total. The van der Waals surface area contributed by atoms with Gasteiger partial charge in [-0.2, -0.15) is 0 Å². The fourth-order valence-corrected chi connectivity index (χ4v) is 2.62. The maximum absolute atomic E-state index is 12.5. The van der Waals surface area contributed by atoms with Crippen molar-refractivity contribution in [1.29, 1.82) is 0 Å². The van der Waals surface area contributed by atoms with E-state index in [-0.39, 0.29) is 24.5 Å². The van der Waals surface area contributed by atoms with Crippen LogP contribution in [0.15, 0.2) is 54.6 Å². The Hall–Kier alpha value is -2.82. The molecule has 0 unspecified atom stereocenters. The van der Waals surface area contributed by atoms with E-state index in [1.807, 2.05) is 37.3 Å². The van der Waals surface area contributed by atoms with Crippen LogP contribution in [0.4, 0.5) is 5.69 Å². The van der Waals surface area contributed by atoms with E-state index in [1.54, 1.807) is 24.3 Å². The maximum Gasteiger partial charge on any atom is 0.259 e. The van der Waals surface area contributed by atoms with Gasteiger partial charge in [0.1, 0.15) is 5.75 Å². The number of nitrogens with one attached hydrogen (secondary N) is 2. The van der Waals surface area contributed by atoms with Crippen molar-refractivity contribution in [3.8, 4) is 5.75 Å². The number of carbonyl (C=O) groups excluding carboxylic acids is 2. The summed E-state index contributed by atoms with van der Waals surface area (Å²) in [5.41, 5.74) is 1.09. The van der Waals surface area contributed by atoms with Gasteiger partial charge in [-0.05, 0) is 49.9 Å². The van der Waals surface area contributed by atoms with E-state index in [2.05, 4.69) is 24.5 Å². The van der Waals surface area contributed by atoms with E-state index >= 15 is 0 Å². The number of carbonyl (C=O) groups is 2. The van der Waals surface area contributed by atoms with Crippen molar-refractivity contribution in [1.82, 2.24) is 5.32 Å². The van der Waals surface area contributed by atoms with E-state index < -0.39 is 0 Å². The molecule has 0 saturated carbocycles. The maximum atomic E-state index is 12.5. The van der Waals surface area contributed by atoms with Crippen LogP contribution in [0.2, 0.25) is 0 Å². The van der Waals surface area contributed by atoms with Gasteiger partial charge in [-0.25, -0.2) is 0 Å². The van der Waals surface area contributed by atoms with Crippen molar-refractivity contribution in [2.75, 3.05) is 11.9 Å². The fraction of sp³-hybridized carbons (Fsp3) is 0.364. The number of anilines is 1. The second-order valence-corrected chi connectivity index (χ2v) is 7.04. The van der Waals surface area contributed by atoms with Gasteiger partial charge < -0.3 is 15.4 Å². The highest BCUT2D eigenvalue weighted by molar-refractivity contribution is 6.06. The first-order valence-electron chi connectivity index (χ1n) is 9.33. The summed E-state index contributed by atoms with van der Waals surface area (Å²) in [7, 11) is 0. The minimum absolute atomic E-state index is 0.0973. The fourth-order valence-electron chi connectivity index (χ4n) is 2.62. The molecule has 0 saturated heterocycles. The summed E-state index contributed by atoms with van der Waals surface area (Å²) in [6.07, 6.45) is 1.99. The normalized spacial score (nSPS) is 11.7. The molecule has 2 N–H and O–H groups in total. The molecule has 0 bridgehead atoms. The van der Waals surface area contributed by atoms with Gasteiger partial charge in [-0.3, -0.25) is 9.59 Å². The van der Waals surface area contributed by atoms with E-state index in [1.165, 1.54) is 0 Å². The van der Waals surface area contributed by atoms with Gasteiger partial charge in [0.25, 0.3) is 11.8 Å². The minimum Gasteiger partial charge on any atom is -0.483 e. The quantitative estimate of drug-likeness (QED) is 0.695. The van der Waals surface area contributed by atoms with E-state index in [0.29, 0.717) is 22.9 Å². The molecule has 5 heteroatoms. The molecule has 0 aliphatic carbocycles. The number of amides is 2. The molecule has 0 aliphatic rings. The first-order valence-corrected chi connectivity index (χ1v) is 9.33. The number of benzene rings is 2. The lowest BCUT2D eigenvalue weighted by Gasteiger charge is -2.16. The Morgan fingerprint density at radius 1 is 0.926 bits per heavy atom. The van der Waals surface area contributed by atoms with Gasteiger partial charge in [-0.1, -0.05) is 44.2 Å². The number of hydrogen-bond donors (Lipinski definition) is 2. The molecule has 0 aromatic heterocycles. The lowest BCUT2D eigenvalue weighted by Crippen LogP contribution is -2.36. The Morgan fingerprint density at radius 2 is 1.59 bits per heavy atom. The van der Waals surface area contributed by atoms with Crippen molar-refractivity contribution in [2.45, 2.75) is 39.7 Å². The van der Waals surface area contributed by atoms with Crippen molar-refractivity contribution in [3.63, 3.8) is 0 Å². The second kappa shape index (κ2) is 10.4. The smallest absolute Gasteiger partial charge is 0.259 e. The minimum atomic E-state index is -0.275. The third kappa shape index (κ3) is 7.13. The third-order valence-corrected chi connectivity index (χ3v) is 4.11. The van der Waals surface area contributed by atoms with E-state index in [0.717, 1.165) is 12.8 Å². The summed E-state index contributed by atoms with van der Waals surface area (Å²) >= 11 is 0. The van der Waals surface area contributed by atoms with Crippen LogP contribution < -0.4 is 15.4 Å². The Kier molecular flexibility index (Phi) is 7.86. The number of para-hydroxylation sites is 2. The molecule has 2 rings (SSSR count). The molecule has 0 fully saturated rings. The zero-order chi connectivity index (χ0) is 19.6. The number of ether oxygens (including phenoxy) is 1. The molecule has 2 amide bonds. The van der Waals surface area contributed by atoms with Gasteiger partial charge in [0.05, 0.1) is 5.56 Å². The van der Waals surface area contributed by atoms with Crippen LogP contribution in [0, 0.1) is 5.92 Å². The van der Waals surface area contributed by atoms with Crippen LogP contribution in [-0.2, 0) is 4.79 Å². The van der Waals surface area contributed by atoms with E-state index in [4.69, 9.17) is 4.74 Å². The zero-order valence-corrected chi connectivity index (χ0v) is 16.2. The van der Waals surface area contributed by atoms with Gasteiger partial charge >= 0.3 is 0 Å².